The Bertz CT molecular complexity index is 1390. The first-order valence-electron chi connectivity index (χ1n) is 10.7. The number of nitrogens with zero attached hydrogens (tertiary/aromatic N) is 3. The maximum atomic E-state index is 13.7. The molecule has 1 aliphatic carbocycles. The molecule has 1 aromatic carbocycles. The molecule has 0 bridgehead atoms. The number of nitrogens with one attached hydrogen (secondary N) is 1. The molecule has 168 valence electrons. The number of hydrogen-bond acceptors (Lipinski definition) is 7. The third kappa shape index (κ3) is 4.51. The number of hydrazone groups is 1. The van der Waals surface area contributed by atoms with Gasteiger partial charge in [-0.05, 0) is 62.4 Å². The topological polar surface area (TPSA) is 89.5 Å². The Balaban J connectivity index is 1.47. The van der Waals surface area contributed by atoms with E-state index in [1.54, 1.807) is 28.0 Å². The summed E-state index contributed by atoms with van der Waals surface area (Å²) in [5.74, 6) is 0.327. The molecule has 1 aliphatic rings. The number of thiophene rings is 1. The molecule has 1 N–H and O–H groups in total. The van der Waals surface area contributed by atoms with E-state index in [9.17, 15) is 9.59 Å². The van der Waals surface area contributed by atoms with Gasteiger partial charge in [0.1, 0.15) is 10.6 Å². The van der Waals surface area contributed by atoms with Crippen LogP contribution in [0, 0.1) is 6.92 Å². The SMILES string of the molecule is Cc1ccc(-n2c(SCC(=O)N/N=C\c3ccco3)nc3sc4c(c3c2=O)CCCC4)cc1. The lowest BCUT2D eigenvalue weighted by atomic mass is 9.97. The first-order valence-corrected chi connectivity index (χ1v) is 12.5. The molecule has 7 nitrogen and oxygen atoms in total. The van der Waals surface area contributed by atoms with Crippen molar-refractivity contribution < 1.29 is 9.21 Å². The maximum Gasteiger partial charge on any atom is 0.267 e. The first kappa shape index (κ1) is 21.7. The van der Waals surface area contributed by atoms with Crippen LogP contribution >= 0.6 is 23.1 Å². The average molecular weight is 479 g/mol. The van der Waals surface area contributed by atoms with Gasteiger partial charge in [0, 0.05) is 4.88 Å². The molecular formula is C24H22N4O3S2. The smallest absolute Gasteiger partial charge is 0.267 e. The van der Waals surface area contributed by atoms with Crippen LogP contribution < -0.4 is 11.0 Å². The standard InChI is InChI=1S/C24H22N4O3S2/c1-15-8-10-16(11-9-15)28-23(30)21-18-6-2-3-7-19(18)33-22(21)26-24(28)32-14-20(29)27-25-13-17-5-4-12-31-17/h4-5,8-13H,2-3,6-7,14H2,1H3,(H,27,29)/b25-13-. The van der Waals surface area contributed by atoms with E-state index in [2.05, 4.69) is 10.5 Å². The molecule has 0 fully saturated rings. The third-order valence-electron chi connectivity index (χ3n) is 5.51. The number of carbonyl (C=O) groups is 1. The molecule has 1 amide bonds. The number of hydrogen-bond donors (Lipinski definition) is 1. The highest BCUT2D eigenvalue weighted by Gasteiger charge is 2.23. The number of fused-ring (bicyclic) bond motifs is 3. The fraction of sp³-hybridized carbons (Fsp3) is 0.250. The maximum absolute atomic E-state index is 13.7. The number of amides is 1. The Hall–Kier alpha value is -3.17. The summed E-state index contributed by atoms with van der Waals surface area (Å²) >= 11 is 2.83. The molecule has 0 saturated heterocycles. The number of carbonyl (C=O) groups excluding carboxylic acids is 1. The van der Waals surface area contributed by atoms with Crippen LogP contribution in [0.15, 0.2) is 62.1 Å². The second-order valence-electron chi connectivity index (χ2n) is 7.86. The molecule has 0 radical (unpaired) electrons. The zero-order chi connectivity index (χ0) is 22.8. The summed E-state index contributed by atoms with van der Waals surface area (Å²) in [5.41, 5.74) is 5.43. The molecule has 0 spiro atoms. The van der Waals surface area contributed by atoms with Gasteiger partial charge in [-0.25, -0.2) is 10.4 Å². The summed E-state index contributed by atoms with van der Waals surface area (Å²) in [6.07, 6.45) is 7.13. The predicted molar refractivity (Wildman–Crippen MR) is 132 cm³/mol. The monoisotopic (exact) mass is 478 g/mol. The number of rotatable bonds is 6. The largest absolute Gasteiger partial charge is 0.463 e. The fourth-order valence-electron chi connectivity index (χ4n) is 3.90. The van der Waals surface area contributed by atoms with Crippen LogP contribution in [0.3, 0.4) is 0 Å². The highest BCUT2D eigenvalue weighted by molar-refractivity contribution is 7.99. The van der Waals surface area contributed by atoms with E-state index in [0.29, 0.717) is 10.9 Å². The third-order valence-corrected chi connectivity index (χ3v) is 7.63. The van der Waals surface area contributed by atoms with E-state index < -0.39 is 0 Å². The van der Waals surface area contributed by atoms with Gasteiger partial charge in [0.25, 0.3) is 11.5 Å². The van der Waals surface area contributed by atoms with Crippen LogP contribution in [0.5, 0.6) is 0 Å². The molecule has 4 aromatic rings. The van der Waals surface area contributed by atoms with Crippen molar-refractivity contribution in [2.24, 2.45) is 5.10 Å². The number of furan rings is 1. The second-order valence-corrected chi connectivity index (χ2v) is 9.88. The number of aromatic nitrogens is 2. The Labute approximate surface area is 198 Å². The van der Waals surface area contributed by atoms with Gasteiger partial charge in [0.15, 0.2) is 5.16 Å². The van der Waals surface area contributed by atoms with Crippen molar-refractivity contribution in [1.29, 1.82) is 0 Å². The molecule has 33 heavy (non-hydrogen) atoms. The highest BCUT2D eigenvalue weighted by atomic mass is 32.2. The summed E-state index contributed by atoms with van der Waals surface area (Å²) in [7, 11) is 0. The number of aryl methyl sites for hydroxylation is 3. The zero-order valence-electron chi connectivity index (χ0n) is 18.0. The zero-order valence-corrected chi connectivity index (χ0v) is 19.7. The minimum absolute atomic E-state index is 0.0676. The van der Waals surface area contributed by atoms with E-state index in [-0.39, 0.29) is 17.2 Å². The van der Waals surface area contributed by atoms with Crippen molar-refractivity contribution in [1.82, 2.24) is 15.0 Å². The predicted octanol–water partition coefficient (Wildman–Crippen LogP) is 4.47. The minimum Gasteiger partial charge on any atom is -0.463 e. The average Bonchev–Trinajstić information content (AvgIpc) is 3.46. The molecule has 5 rings (SSSR count). The van der Waals surface area contributed by atoms with Gasteiger partial charge in [0.05, 0.1) is 29.3 Å². The van der Waals surface area contributed by atoms with Gasteiger partial charge in [-0.3, -0.25) is 14.2 Å². The Kier molecular flexibility index (Phi) is 6.15. The lowest BCUT2D eigenvalue weighted by Crippen LogP contribution is -2.24. The van der Waals surface area contributed by atoms with Crippen molar-refractivity contribution in [3.05, 3.63) is 74.8 Å². The van der Waals surface area contributed by atoms with Crippen molar-refractivity contribution >= 4 is 45.4 Å². The van der Waals surface area contributed by atoms with Crippen molar-refractivity contribution in [2.45, 2.75) is 37.8 Å². The molecular weight excluding hydrogens is 456 g/mol. The normalized spacial score (nSPS) is 13.5. The Morgan fingerprint density at radius 2 is 2.09 bits per heavy atom. The summed E-state index contributed by atoms with van der Waals surface area (Å²) in [5, 5.41) is 5.14. The molecule has 3 aromatic heterocycles. The van der Waals surface area contributed by atoms with Gasteiger partial charge >= 0.3 is 0 Å². The lowest BCUT2D eigenvalue weighted by molar-refractivity contribution is -0.118. The van der Waals surface area contributed by atoms with Crippen LogP contribution in [-0.4, -0.2) is 27.4 Å². The van der Waals surface area contributed by atoms with Crippen LogP contribution in [0.4, 0.5) is 0 Å². The van der Waals surface area contributed by atoms with Gasteiger partial charge in [-0.15, -0.1) is 11.3 Å². The Morgan fingerprint density at radius 3 is 2.88 bits per heavy atom. The van der Waals surface area contributed by atoms with Crippen molar-refractivity contribution in [3.8, 4) is 5.69 Å². The quantitative estimate of drug-likeness (QED) is 0.191. The summed E-state index contributed by atoms with van der Waals surface area (Å²) in [6.45, 7) is 2.01. The van der Waals surface area contributed by atoms with E-state index >= 15 is 0 Å². The second kappa shape index (κ2) is 9.36. The van der Waals surface area contributed by atoms with Gasteiger partial charge < -0.3 is 4.42 Å². The highest BCUT2D eigenvalue weighted by Crippen LogP contribution is 2.35. The number of benzene rings is 1. The summed E-state index contributed by atoms with van der Waals surface area (Å²) in [6, 6.07) is 11.3. The summed E-state index contributed by atoms with van der Waals surface area (Å²) in [4.78, 5) is 32.9. The van der Waals surface area contributed by atoms with Gasteiger partial charge in [0.2, 0.25) is 0 Å². The molecule has 0 saturated carbocycles. The first-order chi connectivity index (χ1) is 16.1. The Morgan fingerprint density at radius 1 is 1.27 bits per heavy atom. The van der Waals surface area contributed by atoms with Gasteiger partial charge in [-0.1, -0.05) is 29.5 Å². The van der Waals surface area contributed by atoms with E-state index in [4.69, 9.17) is 9.40 Å². The van der Waals surface area contributed by atoms with Crippen LogP contribution in [-0.2, 0) is 17.6 Å². The molecule has 3 heterocycles. The van der Waals surface area contributed by atoms with Crippen LogP contribution in [0.25, 0.3) is 15.9 Å². The lowest BCUT2D eigenvalue weighted by Gasteiger charge is -2.13. The molecule has 9 heteroatoms. The fourth-order valence-corrected chi connectivity index (χ4v) is 6.01. The van der Waals surface area contributed by atoms with E-state index in [1.807, 2.05) is 31.2 Å². The minimum atomic E-state index is -0.293. The van der Waals surface area contributed by atoms with Crippen molar-refractivity contribution in [2.75, 3.05) is 5.75 Å². The molecule has 0 unspecified atom stereocenters. The summed E-state index contributed by atoms with van der Waals surface area (Å²) < 4.78 is 6.79. The number of thioether (sulfide) groups is 1. The molecule has 0 aliphatic heterocycles. The molecule has 0 atom stereocenters. The van der Waals surface area contributed by atoms with Crippen LogP contribution in [0.1, 0.15) is 34.6 Å². The van der Waals surface area contributed by atoms with Gasteiger partial charge in [-0.2, -0.15) is 5.10 Å². The van der Waals surface area contributed by atoms with Crippen molar-refractivity contribution in [3.63, 3.8) is 0 Å². The van der Waals surface area contributed by atoms with E-state index in [1.165, 1.54) is 29.1 Å². The van der Waals surface area contributed by atoms with Crippen LogP contribution in [0.2, 0.25) is 0 Å². The van der Waals surface area contributed by atoms with E-state index in [0.717, 1.165) is 52.7 Å².